The van der Waals surface area contributed by atoms with E-state index in [0.29, 0.717) is 5.41 Å². The van der Waals surface area contributed by atoms with E-state index in [0.717, 1.165) is 6.54 Å². The molecule has 0 saturated carbocycles. The summed E-state index contributed by atoms with van der Waals surface area (Å²) < 4.78 is 0. The first-order valence-electron chi connectivity index (χ1n) is 3.06. The second kappa shape index (κ2) is 3.08. The van der Waals surface area contributed by atoms with E-state index in [1.807, 2.05) is 0 Å². The molecule has 0 heterocycles. The lowest BCUT2D eigenvalue weighted by Crippen LogP contribution is -2.14. The van der Waals surface area contributed by atoms with Gasteiger partial charge in [-0.2, -0.15) is 0 Å². The molecule has 1 N–H and O–H groups in total. The van der Waals surface area contributed by atoms with Gasteiger partial charge in [-0.3, -0.25) is 0 Å². The minimum atomic E-state index is 0.449. The van der Waals surface area contributed by atoms with Crippen LogP contribution in [0.4, 0.5) is 0 Å². The van der Waals surface area contributed by atoms with Crippen molar-refractivity contribution in [1.29, 1.82) is 0 Å². The first kappa shape index (κ1) is 7.96. The maximum absolute atomic E-state index is 3.54. The predicted molar refractivity (Wildman–Crippen MR) is 37.4 cm³/mol. The molecule has 8 heavy (non-hydrogen) atoms. The third kappa shape index (κ3) is 5.96. The molecule has 49 valence electrons. The SMILES string of the molecule is [CH2]NCCC(C)(C)C. The lowest BCUT2D eigenvalue weighted by atomic mass is 9.92. The van der Waals surface area contributed by atoms with Crippen LogP contribution in [-0.4, -0.2) is 6.54 Å². The number of nitrogens with one attached hydrogen (secondary N) is 1. The fourth-order valence-corrected chi connectivity index (χ4v) is 0.463. The normalized spacial score (nSPS) is 12.0. The van der Waals surface area contributed by atoms with Gasteiger partial charge in [0.05, 0.1) is 0 Å². The molecular weight excluding hydrogens is 98.1 g/mol. The first-order valence-corrected chi connectivity index (χ1v) is 3.06. The average molecular weight is 114 g/mol. The monoisotopic (exact) mass is 114 g/mol. The van der Waals surface area contributed by atoms with Crippen LogP contribution >= 0.6 is 0 Å². The molecule has 0 spiro atoms. The van der Waals surface area contributed by atoms with E-state index in [9.17, 15) is 0 Å². The zero-order valence-electron chi connectivity index (χ0n) is 6.12. The van der Waals surface area contributed by atoms with E-state index in [4.69, 9.17) is 0 Å². The summed E-state index contributed by atoms with van der Waals surface area (Å²) >= 11 is 0. The second-order valence-corrected chi connectivity index (χ2v) is 3.31. The summed E-state index contributed by atoms with van der Waals surface area (Å²) in [7, 11) is 3.54. The minimum absolute atomic E-state index is 0.449. The Labute approximate surface area is 52.5 Å². The number of rotatable bonds is 2. The fraction of sp³-hybridized carbons (Fsp3) is 0.857. The third-order valence-electron chi connectivity index (χ3n) is 1.05. The van der Waals surface area contributed by atoms with Crippen LogP contribution in [0.15, 0.2) is 0 Å². The molecule has 0 amide bonds. The highest BCUT2D eigenvalue weighted by Crippen LogP contribution is 2.16. The molecule has 0 aromatic heterocycles. The van der Waals surface area contributed by atoms with Gasteiger partial charge < -0.3 is 5.32 Å². The minimum Gasteiger partial charge on any atom is -0.315 e. The van der Waals surface area contributed by atoms with Crippen LogP contribution in [0.5, 0.6) is 0 Å². The van der Waals surface area contributed by atoms with Crippen LogP contribution in [0, 0.1) is 12.5 Å². The molecule has 1 heteroatoms. The molecule has 0 aromatic carbocycles. The molecule has 0 aromatic rings. The van der Waals surface area contributed by atoms with Gasteiger partial charge in [0.15, 0.2) is 0 Å². The van der Waals surface area contributed by atoms with Crippen molar-refractivity contribution in [3.05, 3.63) is 7.05 Å². The Balaban J connectivity index is 3.11. The standard InChI is InChI=1S/C7H16N/c1-7(2,3)5-6-8-4/h8H,4-6H2,1-3H3. The molecule has 0 atom stereocenters. The highest BCUT2D eigenvalue weighted by molar-refractivity contribution is 4.62. The van der Waals surface area contributed by atoms with Crippen LogP contribution in [0.1, 0.15) is 27.2 Å². The van der Waals surface area contributed by atoms with E-state index in [1.165, 1.54) is 6.42 Å². The van der Waals surface area contributed by atoms with E-state index in [-0.39, 0.29) is 0 Å². The maximum atomic E-state index is 3.54. The zero-order chi connectivity index (χ0) is 6.62. The van der Waals surface area contributed by atoms with Gasteiger partial charge in [-0.1, -0.05) is 20.8 Å². The van der Waals surface area contributed by atoms with Gasteiger partial charge >= 0.3 is 0 Å². The molecule has 0 aliphatic heterocycles. The van der Waals surface area contributed by atoms with E-state index < -0.39 is 0 Å². The van der Waals surface area contributed by atoms with Gasteiger partial charge in [-0.05, 0) is 18.4 Å². The van der Waals surface area contributed by atoms with Gasteiger partial charge in [0, 0.05) is 7.05 Å². The van der Waals surface area contributed by atoms with Crippen molar-refractivity contribution in [3.8, 4) is 0 Å². The van der Waals surface area contributed by atoms with Crippen molar-refractivity contribution in [3.63, 3.8) is 0 Å². The first-order chi connectivity index (χ1) is 3.56. The number of hydrogen-bond donors (Lipinski definition) is 1. The number of hydrogen-bond acceptors (Lipinski definition) is 1. The molecule has 0 saturated heterocycles. The quantitative estimate of drug-likeness (QED) is 0.577. The zero-order valence-corrected chi connectivity index (χ0v) is 6.12. The summed E-state index contributed by atoms with van der Waals surface area (Å²) in [5, 5.41) is 2.87. The van der Waals surface area contributed by atoms with Crippen molar-refractivity contribution in [2.24, 2.45) is 5.41 Å². The Morgan fingerprint density at radius 3 is 2.00 bits per heavy atom. The lowest BCUT2D eigenvalue weighted by molar-refractivity contribution is 0.375. The predicted octanol–water partition coefficient (Wildman–Crippen LogP) is 1.80. The topological polar surface area (TPSA) is 12.0 Å². The van der Waals surface area contributed by atoms with Crippen molar-refractivity contribution in [2.45, 2.75) is 27.2 Å². The Hall–Kier alpha value is -0.0400. The summed E-state index contributed by atoms with van der Waals surface area (Å²) in [5.41, 5.74) is 0.449. The molecule has 0 aliphatic carbocycles. The summed E-state index contributed by atoms with van der Waals surface area (Å²) in [5.74, 6) is 0. The summed E-state index contributed by atoms with van der Waals surface area (Å²) in [6, 6.07) is 0. The van der Waals surface area contributed by atoms with Crippen molar-refractivity contribution in [2.75, 3.05) is 6.54 Å². The third-order valence-corrected chi connectivity index (χ3v) is 1.05. The van der Waals surface area contributed by atoms with Crippen LogP contribution in [0.2, 0.25) is 0 Å². The molecule has 0 aliphatic rings. The molecule has 0 rings (SSSR count). The molecule has 0 bridgehead atoms. The van der Waals surface area contributed by atoms with Crippen LogP contribution in [0.3, 0.4) is 0 Å². The smallest absolute Gasteiger partial charge is 0.00767 e. The summed E-state index contributed by atoms with van der Waals surface area (Å²) in [6.45, 7) is 7.70. The highest BCUT2D eigenvalue weighted by atomic mass is 14.8. The van der Waals surface area contributed by atoms with Gasteiger partial charge in [0.25, 0.3) is 0 Å². The maximum Gasteiger partial charge on any atom is 0.00767 e. The van der Waals surface area contributed by atoms with Gasteiger partial charge in [0.1, 0.15) is 0 Å². The lowest BCUT2D eigenvalue weighted by Gasteiger charge is -2.16. The van der Waals surface area contributed by atoms with Gasteiger partial charge in [-0.15, -0.1) is 0 Å². The molecular formula is C7H16N. The van der Waals surface area contributed by atoms with Crippen LogP contribution in [-0.2, 0) is 0 Å². The van der Waals surface area contributed by atoms with Gasteiger partial charge in [-0.25, -0.2) is 0 Å². The Morgan fingerprint density at radius 1 is 1.38 bits per heavy atom. The molecule has 1 radical (unpaired) electrons. The summed E-state index contributed by atoms with van der Waals surface area (Å²) in [6.07, 6.45) is 1.19. The van der Waals surface area contributed by atoms with Crippen molar-refractivity contribution >= 4 is 0 Å². The second-order valence-electron chi connectivity index (χ2n) is 3.31. The van der Waals surface area contributed by atoms with Crippen LogP contribution < -0.4 is 5.32 Å². The Bertz CT molecular complexity index is 51.9. The van der Waals surface area contributed by atoms with Crippen molar-refractivity contribution in [1.82, 2.24) is 5.32 Å². The fourth-order valence-electron chi connectivity index (χ4n) is 0.463. The molecule has 0 unspecified atom stereocenters. The average Bonchev–Trinajstić information content (AvgIpc) is 1.59. The Morgan fingerprint density at radius 2 is 1.88 bits per heavy atom. The Kier molecular flexibility index (Phi) is 3.06. The van der Waals surface area contributed by atoms with E-state index >= 15 is 0 Å². The van der Waals surface area contributed by atoms with Gasteiger partial charge in [0.2, 0.25) is 0 Å². The van der Waals surface area contributed by atoms with E-state index in [2.05, 4.69) is 33.1 Å². The molecule has 1 nitrogen and oxygen atoms in total. The summed E-state index contributed by atoms with van der Waals surface area (Å²) in [4.78, 5) is 0. The van der Waals surface area contributed by atoms with Crippen LogP contribution in [0.25, 0.3) is 0 Å². The van der Waals surface area contributed by atoms with E-state index in [1.54, 1.807) is 0 Å². The highest BCUT2D eigenvalue weighted by Gasteiger charge is 2.07. The van der Waals surface area contributed by atoms with Crippen molar-refractivity contribution < 1.29 is 0 Å². The molecule has 0 fully saturated rings. The largest absolute Gasteiger partial charge is 0.315 e.